The van der Waals surface area contributed by atoms with Gasteiger partial charge in [0.25, 0.3) is 5.89 Å². The molecule has 0 spiro atoms. The molecule has 1 fully saturated rings. The first kappa shape index (κ1) is 10.8. The summed E-state index contributed by atoms with van der Waals surface area (Å²) in [6.07, 6.45) is 2.34. The molecule has 0 bridgehead atoms. The van der Waals surface area contributed by atoms with Crippen LogP contribution in [0.4, 0.5) is 0 Å². The molecule has 3 rings (SSSR count). The van der Waals surface area contributed by atoms with E-state index in [1.165, 1.54) is 23.5 Å². The second kappa shape index (κ2) is 4.51. The fourth-order valence-electron chi connectivity index (χ4n) is 1.76. The average Bonchev–Trinajstić information content (AvgIpc) is 3.09. The van der Waals surface area contributed by atoms with Gasteiger partial charge in [0.2, 0.25) is 0 Å². The quantitative estimate of drug-likeness (QED) is 0.832. The largest absolute Gasteiger partial charge is 0.333 e. The molecule has 1 aliphatic rings. The van der Waals surface area contributed by atoms with E-state index in [9.17, 15) is 0 Å². The van der Waals surface area contributed by atoms with Crippen molar-refractivity contribution in [3.8, 4) is 16.8 Å². The summed E-state index contributed by atoms with van der Waals surface area (Å²) in [7, 11) is 0. The van der Waals surface area contributed by atoms with Crippen LogP contribution in [-0.4, -0.2) is 15.9 Å². The molecule has 0 radical (unpaired) electrons. The number of thiophene rings is 1. The van der Waals surface area contributed by atoms with Crippen LogP contribution >= 0.6 is 23.1 Å². The van der Waals surface area contributed by atoms with Gasteiger partial charge in [-0.3, -0.25) is 0 Å². The van der Waals surface area contributed by atoms with Crippen LogP contribution in [0, 0.1) is 11.3 Å². The smallest absolute Gasteiger partial charge is 0.268 e. The molecule has 1 saturated heterocycles. The maximum Gasteiger partial charge on any atom is 0.268 e. The molecule has 4 nitrogen and oxygen atoms in total. The van der Waals surface area contributed by atoms with Gasteiger partial charge in [-0.25, -0.2) is 0 Å². The number of hydrogen-bond acceptors (Lipinski definition) is 6. The van der Waals surface area contributed by atoms with E-state index in [-0.39, 0.29) is 0 Å². The highest BCUT2D eigenvalue weighted by atomic mass is 32.2. The lowest BCUT2D eigenvalue weighted by molar-refractivity contribution is 0.422. The van der Waals surface area contributed by atoms with E-state index in [1.807, 2.05) is 17.8 Å². The van der Waals surface area contributed by atoms with Crippen molar-refractivity contribution in [2.75, 3.05) is 5.75 Å². The molecule has 0 aromatic carbocycles. The molecule has 1 atom stereocenters. The van der Waals surface area contributed by atoms with E-state index in [2.05, 4.69) is 16.2 Å². The van der Waals surface area contributed by atoms with Gasteiger partial charge >= 0.3 is 0 Å². The van der Waals surface area contributed by atoms with Crippen LogP contribution < -0.4 is 0 Å². The van der Waals surface area contributed by atoms with Crippen molar-refractivity contribution in [3.05, 3.63) is 22.8 Å². The summed E-state index contributed by atoms with van der Waals surface area (Å²) in [5, 5.41) is 13.2. The van der Waals surface area contributed by atoms with Gasteiger partial charge in [-0.05, 0) is 30.7 Å². The Labute approximate surface area is 107 Å². The summed E-state index contributed by atoms with van der Waals surface area (Å²) >= 11 is 3.26. The lowest BCUT2D eigenvalue weighted by Crippen LogP contribution is -1.90. The van der Waals surface area contributed by atoms with Crippen molar-refractivity contribution in [1.82, 2.24) is 10.1 Å². The number of hydrogen-bond donors (Lipinski definition) is 0. The van der Waals surface area contributed by atoms with Crippen molar-refractivity contribution >= 4 is 23.1 Å². The van der Waals surface area contributed by atoms with Crippen molar-refractivity contribution in [3.63, 3.8) is 0 Å². The Morgan fingerprint density at radius 3 is 3.12 bits per heavy atom. The van der Waals surface area contributed by atoms with Gasteiger partial charge in [0.1, 0.15) is 10.9 Å². The van der Waals surface area contributed by atoms with E-state index >= 15 is 0 Å². The van der Waals surface area contributed by atoms with Crippen molar-refractivity contribution in [2.24, 2.45) is 0 Å². The zero-order valence-corrected chi connectivity index (χ0v) is 10.6. The van der Waals surface area contributed by atoms with Crippen LogP contribution in [0.2, 0.25) is 0 Å². The summed E-state index contributed by atoms with van der Waals surface area (Å²) < 4.78 is 5.25. The molecule has 1 aliphatic heterocycles. The van der Waals surface area contributed by atoms with Gasteiger partial charge in [-0.15, -0.1) is 11.3 Å². The zero-order valence-electron chi connectivity index (χ0n) is 8.92. The Balaban J connectivity index is 1.86. The molecule has 6 heteroatoms. The van der Waals surface area contributed by atoms with Crippen molar-refractivity contribution in [2.45, 2.75) is 18.1 Å². The number of aromatic nitrogens is 2. The first-order valence-corrected chi connectivity index (χ1v) is 7.19. The SMILES string of the molecule is N#Cc1ccc(-c2nc(C3CCCS3)no2)s1. The Morgan fingerprint density at radius 1 is 1.47 bits per heavy atom. The molecule has 2 aromatic heterocycles. The zero-order chi connectivity index (χ0) is 11.7. The molecule has 17 heavy (non-hydrogen) atoms. The first-order valence-electron chi connectivity index (χ1n) is 5.32. The number of thioether (sulfide) groups is 1. The van der Waals surface area contributed by atoms with Gasteiger partial charge in [0, 0.05) is 0 Å². The highest BCUT2D eigenvalue weighted by molar-refractivity contribution is 7.99. The summed E-state index contributed by atoms with van der Waals surface area (Å²) in [5.41, 5.74) is 0. The van der Waals surface area contributed by atoms with Gasteiger partial charge < -0.3 is 4.52 Å². The van der Waals surface area contributed by atoms with Crippen LogP contribution in [0.3, 0.4) is 0 Å². The second-order valence-corrected chi connectivity index (χ2v) is 6.13. The van der Waals surface area contributed by atoms with Crippen LogP contribution in [0.5, 0.6) is 0 Å². The van der Waals surface area contributed by atoms with Crippen LogP contribution in [-0.2, 0) is 0 Å². The summed E-state index contributed by atoms with van der Waals surface area (Å²) in [6.45, 7) is 0. The Bertz CT molecular complexity index is 563. The van der Waals surface area contributed by atoms with E-state index in [4.69, 9.17) is 9.78 Å². The molecule has 86 valence electrons. The van der Waals surface area contributed by atoms with Gasteiger partial charge in [0.05, 0.1) is 10.1 Å². The lowest BCUT2D eigenvalue weighted by Gasteiger charge is -1.98. The third-order valence-corrected chi connectivity index (χ3v) is 4.94. The van der Waals surface area contributed by atoms with Gasteiger partial charge in [0.15, 0.2) is 5.82 Å². The fraction of sp³-hybridized carbons (Fsp3) is 0.364. The molecule has 3 heterocycles. The monoisotopic (exact) mass is 263 g/mol. The molecular weight excluding hydrogens is 254 g/mol. The molecule has 0 aliphatic carbocycles. The number of rotatable bonds is 2. The standard InChI is InChI=1S/C11H9N3OS2/c12-6-7-3-4-9(17-7)11-13-10(14-15-11)8-2-1-5-16-8/h3-4,8H,1-2,5H2. The lowest BCUT2D eigenvalue weighted by atomic mass is 10.2. The fourth-order valence-corrected chi connectivity index (χ4v) is 3.68. The Hall–Kier alpha value is -1.32. The minimum Gasteiger partial charge on any atom is -0.333 e. The topological polar surface area (TPSA) is 62.7 Å². The molecule has 0 amide bonds. The second-order valence-electron chi connectivity index (χ2n) is 3.74. The first-order chi connectivity index (χ1) is 8.36. The normalized spacial score (nSPS) is 19.4. The number of nitrogens with zero attached hydrogens (tertiary/aromatic N) is 3. The molecule has 0 saturated carbocycles. The molecular formula is C11H9N3OS2. The molecule has 2 aromatic rings. The minimum atomic E-state index is 0.378. The predicted molar refractivity (Wildman–Crippen MR) is 66.8 cm³/mol. The third-order valence-electron chi connectivity index (χ3n) is 2.59. The van der Waals surface area contributed by atoms with Crippen LogP contribution in [0.15, 0.2) is 16.7 Å². The van der Waals surface area contributed by atoms with E-state index in [0.717, 1.165) is 17.1 Å². The Kier molecular flexibility index (Phi) is 2.87. The third kappa shape index (κ3) is 2.08. The summed E-state index contributed by atoms with van der Waals surface area (Å²) in [6, 6.07) is 5.73. The Morgan fingerprint density at radius 2 is 2.41 bits per heavy atom. The maximum atomic E-state index is 8.77. The summed E-state index contributed by atoms with van der Waals surface area (Å²) in [5.74, 6) is 2.49. The predicted octanol–water partition coefficient (Wildman–Crippen LogP) is 3.24. The minimum absolute atomic E-state index is 0.378. The van der Waals surface area contributed by atoms with Gasteiger partial charge in [-0.1, -0.05) is 5.16 Å². The van der Waals surface area contributed by atoms with Gasteiger partial charge in [-0.2, -0.15) is 22.0 Å². The average molecular weight is 263 g/mol. The van der Waals surface area contributed by atoms with Crippen LogP contribution in [0.25, 0.3) is 10.8 Å². The van der Waals surface area contributed by atoms with Crippen molar-refractivity contribution < 1.29 is 4.52 Å². The highest BCUT2D eigenvalue weighted by Gasteiger charge is 2.23. The highest BCUT2D eigenvalue weighted by Crippen LogP contribution is 2.39. The number of nitriles is 1. The summed E-state index contributed by atoms with van der Waals surface area (Å²) in [4.78, 5) is 5.94. The van der Waals surface area contributed by atoms with E-state index < -0.39 is 0 Å². The van der Waals surface area contributed by atoms with E-state index in [1.54, 1.807) is 6.07 Å². The maximum absolute atomic E-state index is 8.77. The molecule has 0 N–H and O–H groups in total. The van der Waals surface area contributed by atoms with Crippen molar-refractivity contribution in [1.29, 1.82) is 5.26 Å². The molecule has 1 unspecified atom stereocenters. The van der Waals surface area contributed by atoms with Crippen LogP contribution in [0.1, 0.15) is 28.8 Å². The van der Waals surface area contributed by atoms with E-state index in [0.29, 0.717) is 16.0 Å².